The van der Waals surface area contributed by atoms with Gasteiger partial charge in [0, 0.05) is 23.5 Å². The lowest BCUT2D eigenvalue weighted by molar-refractivity contribution is 0.102. The van der Waals surface area contributed by atoms with Crippen molar-refractivity contribution in [3.8, 4) is 11.3 Å². The highest BCUT2D eigenvalue weighted by atomic mass is 19.1. The minimum atomic E-state index is -0.521. The number of nitrogens with zero attached hydrogens (tertiary/aromatic N) is 3. The zero-order chi connectivity index (χ0) is 18.1. The monoisotopic (exact) mass is 347 g/mol. The predicted octanol–water partition coefficient (Wildman–Crippen LogP) is 3.72. The zero-order valence-electron chi connectivity index (χ0n) is 13.8. The number of carbonyl (C=O) groups is 1. The van der Waals surface area contributed by atoms with E-state index in [0.717, 1.165) is 11.3 Å². The van der Waals surface area contributed by atoms with Crippen LogP contribution < -0.4 is 5.32 Å². The number of imidazole rings is 1. The molecule has 0 aliphatic rings. The topological polar surface area (TPSA) is 83.6 Å². The van der Waals surface area contributed by atoms with E-state index in [1.165, 1.54) is 30.7 Å². The van der Waals surface area contributed by atoms with Crippen LogP contribution in [0.25, 0.3) is 22.3 Å². The largest absolute Gasteiger partial charge is 0.342 e. The minimum Gasteiger partial charge on any atom is -0.342 e. The summed E-state index contributed by atoms with van der Waals surface area (Å²) in [7, 11) is 0. The van der Waals surface area contributed by atoms with Crippen molar-refractivity contribution in [2.24, 2.45) is 0 Å². The number of hydrogen-bond acceptors (Lipinski definition) is 4. The molecule has 0 saturated heterocycles. The number of fused-ring (bicyclic) bond motifs is 1. The van der Waals surface area contributed by atoms with Crippen molar-refractivity contribution in [3.63, 3.8) is 0 Å². The second kappa shape index (κ2) is 6.36. The molecule has 0 saturated carbocycles. The van der Waals surface area contributed by atoms with Gasteiger partial charge < -0.3 is 10.3 Å². The van der Waals surface area contributed by atoms with Crippen LogP contribution in [0.1, 0.15) is 16.2 Å². The number of carbonyl (C=O) groups excluding carboxylic acids is 1. The molecule has 2 aromatic carbocycles. The van der Waals surface area contributed by atoms with E-state index < -0.39 is 11.7 Å². The van der Waals surface area contributed by atoms with Gasteiger partial charge in [-0.2, -0.15) is 0 Å². The SMILES string of the molecule is Cc1nc2c(NC(=O)c3cc(F)cc(-c4cnccn4)c3)cccc2[nH]1. The lowest BCUT2D eigenvalue weighted by Crippen LogP contribution is -2.12. The fourth-order valence-corrected chi connectivity index (χ4v) is 2.77. The second-order valence-electron chi connectivity index (χ2n) is 5.80. The first-order valence-electron chi connectivity index (χ1n) is 7.94. The van der Waals surface area contributed by atoms with E-state index in [1.54, 1.807) is 12.1 Å². The molecule has 0 bridgehead atoms. The summed E-state index contributed by atoms with van der Waals surface area (Å²) >= 11 is 0. The van der Waals surface area contributed by atoms with Crippen molar-refractivity contribution in [3.05, 3.63) is 72.2 Å². The average molecular weight is 347 g/mol. The number of aromatic amines is 1. The van der Waals surface area contributed by atoms with E-state index in [-0.39, 0.29) is 5.56 Å². The maximum Gasteiger partial charge on any atom is 0.255 e. The van der Waals surface area contributed by atoms with Crippen molar-refractivity contribution in [1.82, 2.24) is 19.9 Å². The third-order valence-corrected chi connectivity index (χ3v) is 3.90. The Balaban J connectivity index is 1.69. The van der Waals surface area contributed by atoms with E-state index in [9.17, 15) is 9.18 Å². The number of halogens is 1. The van der Waals surface area contributed by atoms with Gasteiger partial charge in [-0.15, -0.1) is 0 Å². The summed E-state index contributed by atoms with van der Waals surface area (Å²) in [6, 6.07) is 9.52. The van der Waals surface area contributed by atoms with Gasteiger partial charge in [-0.05, 0) is 37.3 Å². The Bertz CT molecular complexity index is 1110. The Morgan fingerprint density at radius 2 is 2.08 bits per heavy atom. The summed E-state index contributed by atoms with van der Waals surface area (Å²) in [5.41, 5.74) is 3.20. The number of amides is 1. The van der Waals surface area contributed by atoms with E-state index in [1.807, 2.05) is 19.1 Å². The standard InChI is InChI=1S/C19H14FN5O/c1-11-23-15-3-2-4-16(18(15)24-11)25-19(26)13-7-12(8-14(20)9-13)17-10-21-5-6-22-17/h2-10H,1H3,(H,23,24)(H,25,26). The molecule has 4 rings (SSSR count). The normalized spacial score (nSPS) is 10.8. The van der Waals surface area contributed by atoms with E-state index >= 15 is 0 Å². The van der Waals surface area contributed by atoms with E-state index in [2.05, 4.69) is 25.3 Å². The molecule has 2 N–H and O–H groups in total. The first kappa shape index (κ1) is 15.9. The summed E-state index contributed by atoms with van der Waals surface area (Å²) in [6.45, 7) is 1.84. The smallest absolute Gasteiger partial charge is 0.255 e. The molecule has 26 heavy (non-hydrogen) atoms. The lowest BCUT2D eigenvalue weighted by atomic mass is 10.1. The Morgan fingerprint density at radius 3 is 2.88 bits per heavy atom. The molecule has 0 aliphatic carbocycles. The number of H-pyrrole nitrogens is 1. The van der Waals surface area contributed by atoms with Crippen LogP contribution in [-0.4, -0.2) is 25.8 Å². The number of aromatic nitrogens is 4. The number of aryl methyl sites for hydroxylation is 1. The molecule has 0 fully saturated rings. The van der Waals surface area contributed by atoms with Crippen LogP contribution in [0.3, 0.4) is 0 Å². The van der Waals surface area contributed by atoms with Gasteiger partial charge in [0.15, 0.2) is 0 Å². The van der Waals surface area contributed by atoms with Crippen LogP contribution in [-0.2, 0) is 0 Å². The second-order valence-corrected chi connectivity index (χ2v) is 5.80. The van der Waals surface area contributed by atoms with Crippen LogP contribution in [0.2, 0.25) is 0 Å². The molecule has 7 heteroatoms. The molecule has 0 spiro atoms. The molecule has 0 aliphatic heterocycles. The van der Waals surface area contributed by atoms with Crippen LogP contribution in [0.5, 0.6) is 0 Å². The van der Waals surface area contributed by atoms with Crippen molar-refractivity contribution >= 4 is 22.6 Å². The number of para-hydroxylation sites is 1. The van der Waals surface area contributed by atoms with Crippen LogP contribution >= 0.6 is 0 Å². The first-order valence-corrected chi connectivity index (χ1v) is 7.94. The number of rotatable bonds is 3. The molecule has 0 atom stereocenters. The highest BCUT2D eigenvalue weighted by Crippen LogP contribution is 2.23. The molecule has 0 unspecified atom stereocenters. The molecule has 1 amide bonds. The highest BCUT2D eigenvalue weighted by molar-refractivity contribution is 6.08. The summed E-state index contributed by atoms with van der Waals surface area (Å²) < 4.78 is 14.0. The molecule has 2 heterocycles. The van der Waals surface area contributed by atoms with Gasteiger partial charge in [0.05, 0.1) is 23.1 Å². The third-order valence-electron chi connectivity index (χ3n) is 3.90. The van der Waals surface area contributed by atoms with Gasteiger partial charge in [-0.3, -0.25) is 14.8 Å². The maximum absolute atomic E-state index is 14.0. The van der Waals surface area contributed by atoms with Gasteiger partial charge in [0.1, 0.15) is 17.2 Å². The van der Waals surface area contributed by atoms with Crippen molar-refractivity contribution in [2.75, 3.05) is 5.32 Å². The van der Waals surface area contributed by atoms with Crippen LogP contribution in [0, 0.1) is 12.7 Å². The number of benzene rings is 2. The van der Waals surface area contributed by atoms with Crippen molar-refractivity contribution in [2.45, 2.75) is 6.92 Å². The number of nitrogens with one attached hydrogen (secondary N) is 2. The molecule has 2 aromatic heterocycles. The predicted molar refractivity (Wildman–Crippen MR) is 96.2 cm³/mol. The van der Waals surface area contributed by atoms with Gasteiger partial charge in [0.2, 0.25) is 0 Å². The van der Waals surface area contributed by atoms with E-state index in [4.69, 9.17) is 0 Å². The van der Waals surface area contributed by atoms with Crippen LogP contribution in [0.4, 0.5) is 10.1 Å². The summed E-state index contributed by atoms with van der Waals surface area (Å²) in [5, 5.41) is 2.80. The van der Waals surface area contributed by atoms with Crippen molar-refractivity contribution in [1.29, 1.82) is 0 Å². The first-order chi connectivity index (χ1) is 12.6. The molecule has 6 nitrogen and oxygen atoms in total. The maximum atomic E-state index is 14.0. The van der Waals surface area contributed by atoms with E-state index in [0.29, 0.717) is 22.5 Å². The summed E-state index contributed by atoms with van der Waals surface area (Å²) in [4.78, 5) is 28.3. The Kier molecular flexibility index (Phi) is 3.89. The molecular formula is C19H14FN5O. The molecule has 4 aromatic rings. The third kappa shape index (κ3) is 3.02. The Labute approximate surface area is 148 Å². The molecular weight excluding hydrogens is 333 g/mol. The fraction of sp³-hybridized carbons (Fsp3) is 0.0526. The van der Waals surface area contributed by atoms with Gasteiger partial charge in [-0.1, -0.05) is 6.07 Å². The zero-order valence-corrected chi connectivity index (χ0v) is 13.8. The fourth-order valence-electron chi connectivity index (χ4n) is 2.77. The summed E-state index contributed by atoms with van der Waals surface area (Å²) in [6.07, 6.45) is 4.56. The van der Waals surface area contributed by atoms with Gasteiger partial charge >= 0.3 is 0 Å². The number of hydrogen-bond donors (Lipinski definition) is 2. The minimum absolute atomic E-state index is 0.190. The number of anilines is 1. The molecule has 128 valence electrons. The average Bonchev–Trinajstić information content (AvgIpc) is 3.03. The summed E-state index contributed by atoms with van der Waals surface area (Å²) in [5.74, 6) is -0.202. The lowest BCUT2D eigenvalue weighted by Gasteiger charge is -2.08. The Hall–Kier alpha value is -3.61. The van der Waals surface area contributed by atoms with Gasteiger partial charge in [0.25, 0.3) is 5.91 Å². The van der Waals surface area contributed by atoms with Crippen LogP contribution in [0.15, 0.2) is 55.0 Å². The van der Waals surface area contributed by atoms with Crippen molar-refractivity contribution < 1.29 is 9.18 Å². The Morgan fingerprint density at radius 1 is 1.19 bits per heavy atom. The quantitative estimate of drug-likeness (QED) is 0.592. The molecule has 0 radical (unpaired) electrons. The van der Waals surface area contributed by atoms with Gasteiger partial charge in [-0.25, -0.2) is 9.37 Å². The highest BCUT2D eigenvalue weighted by Gasteiger charge is 2.13.